The maximum absolute atomic E-state index is 12.8. The second-order valence-corrected chi connectivity index (χ2v) is 7.37. The van der Waals surface area contributed by atoms with Crippen LogP contribution in [0.5, 0.6) is 5.75 Å². The van der Waals surface area contributed by atoms with Gasteiger partial charge in [0.2, 0.25) is 0 Å². The molecule has 28 heavy (non-hydrogen) atoms. The normalized spacial score (nSPS) is 22.0. The molecule has 1 aliphatic heterocycles. The number of aliphatic hydroxyl groups is 2. The smallest absolute Gasteiger partial charge is 0.274 e. The number of ether oxygens (including phenoxy) is 1. The van der Waals surface area contributed by atoms with E-state index in [1.54, 1.807) is 22.0 Å². The van der Waals surface area contributed by atoms with E-state index in [9.17, 15) is 15.0 Å². The van der Waals surface area contributed by atoms with Crippen LogP contribution in [0.3, 0.4) is 0 Å². The van der Waals surface area contributed by atoms with Crippen LogP contribution in [0.2, 0.25) is 0 Å². The van der Waals surface area contributed by atoms with Gasteiger partial charge >= 0.3 is 0 Å². The first-order valence-electron chi connectivity index (χ1n) is 9.88. The van der Waals surface area contributed by atoms with Crippen molar-refractivity contribution in [2.45, 2.75) is 44.3 Å². The predicted octanol–water partition coefficient (Wildman–Crippen LogP) is 1.78. The third kappa shape index (κ3) is 5.33. The van der Waals surface area contributed by atoms with Crippen molar-refractivity contribution in [1.82, 2.24) is 14.5 Å². The Balaban J connectivity index is 1.70. The molecule has 1 amide bonds. The average molecular weight is 387 g/mol. The number of aromatic nitrogens is 2. The number of hydrogen-bond donors (Lipinski definition) is 2. The second kappa shape index (κ2) is 9.71. The molecule has 2 aromatic rings. The standard InChI is InChI=1S/C21H29N3O4/c1-23-13-17(22-15-23)21(27)24-11-6-2-3-7-16-8-4-5-9-20(16)28-14-19(26)18(25)10-12-24/h4-5,8-9,13,15,18-19,25-26H,2-3,6-7,10-12,14H2,1H3/t18-,19+/m0/s1. The number of imidazole rings is 1. The second-order valence-electron chi connectivity index (χ2n) is 7.37. The highest BCUT2D eigenvalue weighted by atomic mass is 16.5. The molecule has 1 aromatic carbocycles. The third-order valence-electron chi connectivity index (χ3n) is 5.11. The first-order valence-corrected chi connectivity index (χ1v) is 9.88. The minimum Gasteiger partial charge on any atom is -0.491 e. The first-order chi connectivity index (χ1) is 13.5. The number of fused-ring (bicyclic) bond motifs is 1. The van der Waals surface area contributed by atoms with Gasteiger partial charge in [0.15, 0.2) is 0 Å². The van der Waals surface area contributed by atoms with Crippen LogP contribution in [0.4, 0.5) is 0 Å². The highest BCUT2D eigenvalue weighted by Crippen LogP contribution is 2.21. The lowest BCUT2D eigenvalue weighted by atomic mass is 10.0. The molecule has 0 fully saturated rings. The van der Waals surface area contributed by atoms with Crippen molar-refractivity contribution in [1.29, 1.82) is 0 Å². The fraction of sp³-hybridized carbons (Fsp3) is 0.524. The summed E-state index contributed by atoms with van der Waals surface area (Å²) in [6.45, 7) is 0.993. The Labute approximate surface area is 165 Å². The SMILES string of the molecule is Cn1cnc(C(=O)N2CCCCCc3ccccc3OC[C@@H](O)[C@@H](O)CC2)c1. The molecule has 7 heteroatoms. The van der Waals surface area contributed by atoms with Crippen LogP contribution >= 0.6 is 0 Å². The number of carbonyl (C=O) groups is 1. The summed E-state index contributed by atoms with van der Waals surface area (Å²) in [5, 5.41) is 20.6. The van der Waals surface area contributed by atoms with Crippen LogP contribution in [0, 0.1) is 0 Å². The Bertz CT molecular complexity index is 777. The van der Waals surface area contributed by atoms with Crippen molar-refractivity contribution < 1.29 is 19.7 Å². The number of rotatable bonds is 1. The van der Waals surface area contributed by atoms with Crippen molar-refractivity contribution in [3.8, 4) is 5.75 Å². The minimum absolute atomic E-state index is 0.0202. The Morgan fingerprint density at radius 1 is 1.14 bits per heavy atom. The summed E-state index contributed by atoms with van der Waals surface area (Å²) >= 11 is 0. The minimum atomic E-state index is -1.01. The van der Waals surface area contributed by atoms with E-state index in [0.29, 0.717) is 18.8 Å². The summed E-state index contributed by atoms with van der Waals surface area (Å²) in [6, 6.07) is 7.81. The molecule has 0 saturated carbocycles. The van der Waals surface area contributed by atoms with Gasteiger partial charge in [0.25, 0.3) is 5.91 Å². The summed E-state index contributed by atoms with van der Waals surface area (Å²) < 4.78 is 7.50. The number of benzene rings is 1. The van der Waals surface area contributed by atoms with E-state index in [-0.39, 0.29) is 18.9 Å². The van der Waals surface area contributed by atoms with E-state index >= 15 is 0 Å². The highest BCUT2D eigenvalue weighted by Gasteiger charge is 2.23. The van der Waals surface area contributed by atoms with Crippen LogP contribution in [-0.4, -0.2) is 62.5 Å². The average Bonchev–Trinajstić information content (AvgIpc) is 3.14. The number of para-hydroxylation sites is 1. The van der Waals surface area contributed by atoms with Crippen LogP contribution < -0.4 is 4.74 Å². The number of aliphatic hydroxyl groups excluding tert-OH is 2. The van der Waals surface area contributed by atoms with E-state index < -0.39 is 12.2 Å². The number of nitrogens with zero attached hydrogens (tertiary/aromatic N) is 3. The van der Waals surface area contributed by atoms with Crippen LogP contribution in [0.25, 0.3) is 0 Å². The summed E-state index contributed by atoms with van der Waals surface area (Å²) in [6.07, 6.45) is 5.35. The maximum Gasteiger partial charge on any atom is 0.274 e. The third-order valence-corrected chi connectivity index (χ3v) is 5.11. The van der Waals surface area contributed by atoms with E-state index in [4.69, 9.17) is 4.74 Å². The van der Waals surface area contributed by atoms with Crippen LogP contribution in [0.1, 0.15) is 41.7 Å². The largest absolute Gasteiger partial charge is 0.491 e. The van der Waals surface area contributed by atoms with Gasteiger partial charge in [-0.05, 0) is 37.3 Å². The summed E-state index contributed by atoms with van der Waals surface area (Å²) in [7, 11) is 1.82. The predicted molar refractivity (Wildman–Crippen MR) is 105 cm³/mol. The van der Waals surface area contributed by atoms with Gasteiger partial charge in [-0.25, -0.2) is 4.98 Å². The molecule has 3 rings (SSSR count). The van der Waals surface area contributed by atoms with Gasteiger partial charge in [-0.1, -0.05) is 24.6 Å². The highest BCUT2D eigenvalue weighted by molar-refractivity contribution is 5.92. The van der Waals surface area contributed by atoms with E-state index in [1.165, 1.54) is 0 Å². The van der Waals surface area contributed by atoms with Gasteiger partial charge in [-0.2, -0.15) is 0 Å². The number of carbonyl (C=O) groups excluding carboxylic acids is 1. The van der Waals surface area contributed by atoms with Gasteiger partial charge < -0.3 is 24.4 Å². The lowest BCUT2D eigenvalue weighted by Gasteiger charge is -2.26. The molecule has 0 aliphatic carbocycles. The van der Waals surface area contributed by atoms with Gasteiger partial charge in [0.05, 0.1) is 12.4 Å². The van der Waals surface area contributed by atoms with E-state index in [2.05, 4.69) is 4.98 Å². The molecule has 152 valence electrons. The molecule has 0 spiro atoms. The molecule has 0 bridgehead atoms. The zero-order valence-corrected chi connectivity index (χ0v) is 16.3. The summed E-state index contributed by atoms with van der Waals surface area (Å²) in [5.74, 6) is 0.619. The van der Waals surface area contributed by atoms with Crippen molar-refractivity contribution in [3.05, 3.63) is 48.0 Å². The van der Waals surface area contributed by atoms with Crippen molar-refractivity contribution >= 4 is 5.91 Å². The number of aryl methyl sites for hydroxylation is 2. The van der Waals surface area contributed by atoms with Gasteiger partial charge in [-0.15, -0.1) is 0 Å². The molecular formula is C21H29N3O4. The monoisotopic (exact) mass is 387 g/mol. The molecule has 2 N–H and O–H groups in total. The van der Waals surface area contributed by atoms with Crippen molar-refractivity contribution in [2.24, 2.45) is 7.05 Å². The van der Waals surface area contributed by atoms with Gasteiger partial charge in [-0.3, -0.25) is 4.79 Å². The Morgan fingerprint density at radius 2 is 1.96 bits per heavy atom. The summed E-state index contributed by atoms with van der Waals surface area (Å²) in [4.78, 5) is 18.7. The lowest BCUT2D eigenvalue weighted by Crippen LogP contribution is -2.38. The molecule has 0 unspecified atom stereocenters. The van der Waals surface area contributed by atoms with E-state index in [1.807, 2.05) is 31.3 Å². The van der Waals surface area contributed by atoms with Crippen LogP contribution in [0.15, 0.2) is 36.8 Å². The molecular weight excluding hydrogens is 358 g/mol. The Kier molecular flexibility index (Phi) is 7.06. The molecule has 0 saturated heterocycles. The quantitative estimate of drug-likeness (QED) is 0.779. The Morgan fingerprint density at radius 3 is 2.75 bits per heavy atom. The fourth-order valence-electron chi connectivity index (χ4n) is 3.41. The molecule has 7 nitrogen and oxygen atoms in total. The van der Waals surface area contributed by atoms with E-state index in [0.717, 1.165) is 37.0 Å². The van der Waals surface area contributed by atoms with Crippen molar-refractivity contribution in [3.63, 3.8) is 0 Å². The Hall–Kier alpha value is -2.38. The fourth-order valence-corrected chi connectivity index (χ4v) is 3.41. The number of hydrogen-bond acceptors (Lipinski definition) is 5. The molecule has 1 aliphatic rings. The molecule has 2 heterocycles. The number of amides is 1. The maximum atomic E-state index is 12.8. The lowest BCUT2D eigenvalue weighted by molar-refractivity contribution is -0.0153. The van der Waals surface area contributed by atoms with Crippen molar-refractivity contribution in [2.75, 3.05) is 19.7 Å². The first kappa shape index (κ1) is 20.4. The zero-order valence-electron chi connectivity index (χ0n) is 16.3. The molecule has 2 atom stereocenters. The van der Waals surface area contributed by atoms with Crippen LogP contribution in [-0.2, 0) is 13.5 Å². The topological polar surface area (TPSA) is 87.8 Å². The van der Waals surface area contributed by atoms with Gasteiger partial charge in [0, 0.05) is 26.3 Å². The zero-order chi connectivity index (χ0) is 19.9. The summed E-state index contributed by atoms with van der Waals surface area (Å²) in [5.41, 5.74) is 1.50. The molecule has 0 radical (unpaired) electrons. The van der Waals surface area contributed by atoms with Gasteiger partial charge in [0.1, 0.15) is 24.2 Å². The molecule has 1 aromatic heterocycles.